The Morgan fingerprint density at radius 3 is 0.425 bits per heavy atom. The maximum Gasteiger partial charge on any atom is -0.0233 e. The van der Waals surface area contributed by atoms with Gasteiger partial charge in [-0.25, -0.2) is 0 Å². The third kappa shape index (κ3) is 3.93. The van der Waals surface area contributed by atoms with Crippen LogP contribution in [0.2, 0.25) is 0 Å². The van der Waals surface area contributed by atoms with Crippen molar-refractivity contribution in [3.63, 3.8) is 0 Å². The molecular weight excluding hydrogens is 480 g/mol. The molecule has 11 aliphatic rings. The molecule has 0 spiro atoms. The van der Waals surface area contributed by atoms with Crippen LogP contribution in [0.15, 0.2) is 138 Å². The highest BCUT2D eigenvalue weighted by atomic mass is 14.4. The van der Waals surface area contributed by atoms with Gasteiger partial charge in [-0.1, -0.05) is 48.6 Å². The minimum atomic E-state index is 1.18. The van der Waals surface area contributed by atoms with E-state index in [0.29, 0.717) is 0 Å². The Kier molecular flexibility index (Phi) is 5.42. The second-order valence-electron chi connectivity index (χ2n) is 13.6. The fourth-order valence-corrected chi connectivity index (χ4v) is 9.42. The molecule has 0 radical (unpaired) electrons. The van der Waals surface area contributed by atoms with E-state index in [1.165, 1.54) is 103 Å². The molecule has 0 aromatic carbocycles. The highest BCUT2D eigenvalue weighted by Gasteiger charge is 2.32. The average molecular weight is 521 g/mol. The Labute approximate surface area is 240 Å². The number of rotatable bonds is 0. The molecule has 40 heavy (non-hydrogen) atoms. The van der Waals surface area contributed by atoms with Gasteiger partial charge < -0.3 is 0 Å². The van der Waals surface area contributed by atoms with Gasteiger partial charge >= 0.3 is 0 Å². The molecular formula is C40H40. The summed E-state index contributed by atoms with van der Waals surface area (Å²) in [5.74, 6) is 0. The van der Waals surface area contributed by atoms with Crippen molar-refractivity contribution in [1.29, 1.82) is 0 Å². The fourth-order valence-electron chi connectivity index (χ4n) is 9.42. The summed E-state index contributed by atoms with van der Waals surface area (Å²) in [6.07, 6.45) is 39.9. The highest BCUT2D eigenvalue weighted by Crippen LogP contribution is 2.51. The molecule has 0 atom stereocenters. The number of fused-ring (bicyclic) bond motifs is 8. The molecule has 0 saturated heterocycles. The van der Waals surface area contributed by atoms with Gasteiger partial charge in [0.05, 0.1) is 0 Å². The highest BCUT2D eigenvalue weighted by molar-refractivity contribution is 5.64. The van der Waals surface area contributed by atoms with E-state index < -0.39 is 0 Å². The van der Waals surface area contributed by atoms with Gasteiger partial charge in [0.25, 0.3) is 0 Å². The molecule has 0 aromatic rings. The zero-order valence-electron chi connectivity index (χ0n) is 23.9. The summed E-state index contributed by atoms with van der Waals surface area (Å²) < 4.78 is 0. The van der Waals surface area contributed by atoms with Gasteiger partial charge in [-0.15, -0.1) is 0 Å². The monoisotopic (exact) mass is 520 g/mol. The van der Waals surface area contributed by atoms with E-state index in [1.54, 1.807) is 89.2 Å². The Morgan fingerprint density at radius 1 is 0.175 bits per heavy atom. The van der Waals surface area contributed by atoms with Crippen LogP contribution in [0, 0.1) is 0 Å². The molecule has 0 saturated carbocycles. The molecule has 0 unspecified atom stereocenters. The Morgan fingerprint density at radius 2 is 0.300 bits per heavy atom. The van der Waals surface area contributed by atoms with Crippen molar-refractivity contribution >= 4 is 0 Å². The van der Waals surface area contributed by atoms with E-state index in [-0.39, 0.29) is 0 Å². The van der Waals surface area contributed by atoms with E-state index in [1.807, 2.05) is 0 Å². The predicted octanol–water partition coefficient (Wildman–Crippen LogP) is 10.9. The summed E-state index contributed by atoms with van der Waals surface area (Å²) in [6, 6.07) is 0. The first-order valence-corrected chi connectivity index (χ1v) is 16.3. The van der Waals surface area contributed by atoms with Crippen molar-refractivity contribution in [2.75, 3.05) is 0 Å². The molecule has 200 valence electrons. The van der Waals surface area contributed by atoms with Gasteiger partial charge in [-0.3, -0.25) is 0 Å². The maximum atomic E-state index is 2.60. The zero-order valence-corrected chi connectivity index (χ0v) is 23.9. The van der Waals surface area contributed by atoms with E-state index >= 15 is 0 Å². The van der Waals surface area contributed by atoms with Crippen molar-refractivity contribution < 1.29 is 0 Å². The van der Waals surface area contributed by atoms with Crippen molar-refractivity contribution in [1.82, 2.24) is 0 Å². The first-order valence-electron chi connectivity index (χ1n) is 16.3. The van der Waals surface area contributed by atoms with Crippen LogP contribution in [-0.4, -0.2) is 0 Å². The molecule has 0 fully saturated rings. The second kappa shape index (κ2) is 9.20. The van der Waals surface area contributed by atoms with Crippen LogP contribution in [-0.2, 0) is 0 Å². The minimum Gasteiger partial charge on any atom is -0.0558 e. The normalized spacial score (nSPS) is 41.7. The molecule has 0 heterocycles. The average Bonchev–Trinajstić information content (AvgIpc) is 2.94. The number of hydrogen-bond acceptors (Lipinski definition) is 0. The van der Waals surface area contributed by atoms with Crippen molar-refractivity contribution in [2.24, 2.45) is 0 Å². The summed E-state index contributed by atoms with van der Waals surface area (Å²) in [5.41, 5.74) is 26.8. The molecule has 0 aliphatic heterocycles. The lowest BCUT2D eigenvalue weighted by molar-refractivity contribution is 0.734. The van der Waals surface area contributed by atoms with Gasteiger partial charge in [0.15, 0.2) is 0 Å². The Hall–Kier alpha value is -3.12. The molecule has 0 aromatic heterocycles. The molecule has 11 aliphatic carbocycles. The van der Waals surface area contributed by atoms with E-state index in [4.69, 9.17) is 0 Å². The lowest BCUT2D eigenvalue weighted by Crippen LogP contribution is -2.17. The second-order valence-corrected chi connectivity index (χ2v) is 13.6. The van der Waals surface area contributed by atoms with Gasteiger partial charge in [-0.05, 0) is 192 Å². The standard InChI is InChI=1S/C40H40/c1-9-33-34-10-4-29-21-30-5-11-35(33)37-13-3-27-18-25(1)17-26-2-12-36(34)38-14-7-31(22-29)24-32(23-30)8-15-39(37)40(38)16-6-28(19-26)20-27/h17-24H,1-16H2/b25-17-,25-18?,26-17?,26-19-,27-18-,27-20?,28-19?,28-20-,29-21-,29-22?,30-21?,30-23-,31-22-,31-24?,32-23?,32-24?,34-33?,35-33+,36-34?,37-35?,38-36?,39-37-,40-38-,40-39?. The van der Waals surface area contributed by atoms with E-state index in [2.05, 4.69) is 48.6 Å². The van der Waals surface area contributed by atoms with E-state index in [0.717, 1.165) is 0 Å². The van der Waals surface area contributed by atoms with E-state index in [9.17, 15) is 0 Å². The summed E-state index contributed by atoms with van der Waals surface area (Å²) in [5, 5.41) is 0. The number of allylic oxidation sites excluding steroid dienone is 24. The van der Waals surface area contributed by atoms with Crippen LogP contribution in [0.3, 0.4) is 0 Å². The van der Waals surface area contributed by atoms with Crippen LogP contribution < -0.4 is 0 Å². The van der Waals surface area contributed by atoms with Gasteiger partial charge in [-0.2, -0.15) is 0 Å². The smallest absolute Gasteiger partial charge is 0.0233 e. The molecule has 0 amide bonds. The topological polar surface area (TPSA) is 0 Å². The summed E-state index contributed by atoms with van der Waals surface area (Å²) >= 11 is 0. The molecule has 0 N–H and O–H groups in total. The summed E-state index contributed by atoms with van der Waals surface area (Å²) in [4.78, 5) is 0. The first-order chi connectivity index (χ1) is 19.7. The van der Waals surface area contributed by atoms with Gasteiger partial charge in [0.2, 0.25) is 0 Å². The maximum absolute atomic E-state index is 2.60. The third-order valence-electron chi connectivity index (χ3n) is 11.2. The van der Waals surface area contributed by atoms with Crippen molar-refractivity contribution in [2.45, 2.75) is 103 Å². The fraction of sp³-hybridized carbons (Fsp3) is 0.400. The minimum absolute atomic E-state index is 1.18. The largest absolute Gasteiger partial charge is 0.0558 e. The van der Waals surface area contributed by atoms with Crippen LogP contribution in [0.4, 0.5) is 0 Å². The molecule has 0 nitrogen and oxygen atoms in total. The van der Waals surface area contributed by atoms with Crippen LogP contribution in [0.25, 0.3) is 0 Å². The third-order valence-corrected chi connectivity index (χ3v) is 11.2. The number of hydrogen-bond donors (Lipinski definition) is 0. The first kappa shape index (κ1) is 23.6. The van der Waals surface area contributed by atoms with Crippen molar-refractivity contribution in [3.8, 4) is 0 Å². The zero-order chi connectivity index (χ0) is 26.2. The van der Waals surface area contributed by atoms with Crippen molar-refractivity contribution in [3.05, 3.63) is 138 Å². The molecule has 0 heteroatoms. The van der Waals surface area contributed by atoms with Crippen LogP contribution >= 0.6 is 0 Å². The Balaban J connectivity index is 1.43. The lowest BCUT2D eigenvalue weighted by Gasteiger charge is -2.36. The molecule has 11 rings (SSSR count). The van der Waals surface area contributed by atoms with Crippen LogP contribution in [0.5, 0.6) is 0 Å². The quantitative estimate of drug-likeness (QED) is 0.298. The molecule has 16 bridgehead atoms. The summed E-state index contributed by atoms with van der Waals surface area (Å²) in [7, 11) is 0. The SMILES string of the molecule is C1=C2\C=C3/C=C4\C=C1\CC/C1=C5CCC6=C/C7=C\C8=C/C(=C\6)CCC1=C(CC4)/C(=C(CC3)/C(=C\5CC2)CC7)CC8. The lowest BCUT2D eigenvalue weighted by atomic mass is 9.69. The summed E-state index contributed by atoms with van der Waals surface area (Å²) in [6.45, 7) is 0. The predicted molar refractivity (Wildman–Crippen MR) is 167 cm³/mol. The van der Waals surface area contributed by atoms with Gasteiger partial charge in [0, 0.05) is 0 Å². The Bertz CT molecular complexity index is 1230. The van der Waals surface area contributed by atoms with Gasteiger partial charge in [0.1, 0.15) is 0 Å². The van der Waals surface area contributed by atoms with Crippen LogP contribution in [0.1, 0.15) is 103 Å².